The van der Waals surface area contributed by atoms with E-state index in [9.17, 15) is 9.59 Å². The number of anilines is 1. The van der Waals surface area contributed by atoms with Crippen LogP contribution in [0.25, 0.3) is 0 Å². The zero-order valence-electron chi connectivity index (χ0n) is 15.4. The van der Waals surface area contributed by atoms with Gasteiger partial charge in [-0.15, -0.1) is 0 Å². The summed E-state index contributed by atoms with van der Waals surface area (Å²) in [5, 5.41) is 9.54. The molecule has 1 aromatic carbocycles. The van der Waals surface area contributed by atoms with Gasteiger partial charge < -0.3 is 15.4 Å². The van der Waals surface area contributed by atoms with Crippen LogP contribution in [0.5, 0.6) is 0 Å². The van der Waals surface area contributed by atoms with E-state index >= 15 is 0 Å². The monoisotopic (exact) mass is 387 g/mol. The standard InChI is InChI=1S/C20H25N3O3S/c1-2-15-3-5-17(6-4-15)22-20(25)19(24)21-13-18(16-7-12-27-14-16)23-8-10-26-11-9-23/h3-7,12,14,18H,2,8-11,13H2,1H3,(H,21,24)(H,22,25). The molecular formula is C20H25N3O3S. The minimum absolute atomic E-state index is 0.0423. The summed E-state index contributed by atoms with van der Waals surface area (Å²) < 4.78 is 5.42. The van der Waals surface area contributed by atoms with E-state index in [1.165, 1.54) is 5.56 Å². The first-order valence-electron chi connectivity index (χ1n) is 9.19. The lowest BCUT2D eigenvalue weighted by Crippen LogP contribution is -2.45. The van der Waals surface area contributed by atoms with Gasteiger partial charge in [0.2, 0.25) is 0 Å². The van der Waals surface area contributed by atoms with E-state index in [0.717, 1.165) is 25.1 Å². The van der Waals surface area contributed by atoms with Crippen LogP contribution in [0.15, 0.2) is 41.1 Å². The number of nitrogens with one attached hydrogen (secondary N) is 2. The predicted molar refractivity (Wildman–Crippen MR) is 107 cm³/mol. The number of carbonyl (C=O) groups is 2. The van der Waals surface area contributed by atoms with Crippen molar-refractivity contribution >= 4 is 28.8 Å². The molecule has 144 valence electrons. The Morgan fingerprint density at radius 1 is 1.15 bits per heavy atom. The molecule has 6 nitrogen and oxygen atoms in total. The van der Waals surface area contributed by atoms with Crippen molar-refractivity contribution < 1.29 is 14.3 Å². The van der Waals surface area contributed by atoms with Gasteiger partial charge in [0.15, 0.2) is 0 Å². The van der Waals surface area contributed by atoms with Crippen LogP contribution in [-0.2, 0) is 20.7 Å². The summed E-state index contributed by atoms with van der Waals surface area (Å²) >= 11 is 1.63. The maximum Gasteiger partial charge on any atom is 0.313 e. The molecule has 7 heteroatoms. The van der Waals surface area contributed by atoms with Crippen LogP contribution in [-0.4, -0.2) is 49.6 Å². The van der Waals surface area contributed by atoms with Gasteiger partial charge in [-0.05, 0) is 46.5 Å². The summed E-state index contributed by atoms with van der Waals surface area (Å²) in [6.45, 7) is 5.45. The zero-order valence-corrected chi connectivity index (χ0v) is 16.3. The maximum atomic E-state index is 12.3. The number of rotatable bonds is 6. The van der Waals surface area contributed by atoms with Gasteiger partial charge in [0.05, 0.1) is 19.3 Å². The lowest BCUT2D eigenvalue weighted by atomic mass is 10.1. The highest BCUT2D eigenvalue weighted by molar-refractivity contribution is 7.08. The van der Waals surface area contributed by atoms with Gasteiger partial charge in [-0.25, -0.2) is 0 Å². The normalized spacial score (nSPS) is 15.9. The van der Waals surface area contributed by atoms with Crippen molar-refractivity contribution in [3.05, 3.63) is 52.2 Å². The third-order valence-corrected chi connectivity index (χ3v) is 5.40. The fraction of sp³-hybridized carbons (Fsp3) is 0.400. The highest BCUT2D eigenvalue weighted by Crippen LogP contribution is 2.23. The maximum absolute atomic E-state index is 12.3. The van der Waals surface area contributed by atoms with Crippen molar-refractivity contribution in [2.45, 2.75) is 19.4 Å². The van der Waals surface area contributed by atoms with E-state index < -0.39 is 11.8 Å². The van der Waals surface area contributed by atoms with Gasteiger partial charge in [0, 0.05) is 25.3 Å². The van der Waals surface area contributed by atoms with Gasteiger partial charge in [0.1, 0.15) is 0 Å². The molecule has 0 radical (unpaired) electrons. The van der Waals surface area contributed by atoms with Gasteiger partial charge in [-0.2, -0.15) is 11.3 Å². The van der Waals surface area contributed by atoms with Crippen molar-refractivity contribution in [2.24, 2.45) is 0 Å². The Kier molecular flexibility index (Phi) is 6.98. The first-order valence-corrected chi connectivity index (χ1v) is 10.1. The lowest BCUT2D eigenvalue weighted by molar-refractivity contribution is -0.136. The molecule has 2 aromatic rings. The third kappa shape index (κ3) is 5.38. The highest BCUT2D eigenvalue weighted by Gasteiger charge is 2.24. The van der Waals surface area contributed by atoms with Crippen LogP contribution in [0.3, 0.4) is 0 Å². The number of hydrogen-bond acceptors (Lipinski definition) is 5. The van der Waals surface area contributed by atoms with Crippen LogP contribution in [0.4, 0.5) is 5.69 Å². The Morgan fingerprint density at radius 3 is 2.52 bits per heavy atom. The SMILES string of the molecule is CCc1ccc(NC(=O)C(=O)NCC(c2ccsc2)N2CCOCC2)cc1. The van der Waals surface area contributed by atoms with Crippen molar-refractivity contribution in [3.8, 4) is 0 Å². The molecule has 27 heavy (non-hydrogen) atoms. The van der Waals surface area contributed by atoms with Crippen LogP contribution in [0, 0.1) is 0 Å². The predicted octanol–water partition coefficient (Wildman–Crippen LogP) is 2.44. The van der Waals surface area contributed by atoms with E-state index in [2.05, 4.69) is 33.9 Å². The Hall–Kier alpha value is -2.22. The van der Waals surface area contributed by atoms with Crippen molar-refractivity contribution in [1.82, 2.24) is 10.2 Å². The molecular weight excluding hydrogens is 362 g/mol. The Bertz CT molecular complexity index is 740. The molecule has 0 saturated carbocycles. The van der Waals surface area contributed by atoms with Crippen molar-refractivity contribution in [2.75, 3.05) is 38.2 Å². The summed E-state index contributed by atoms with van der Waals surface area (Å²) in [7, 11) is 0. The molecule has 1 unspecified atom stereocenters. The largest absolute Gasteiger partial charge is 0.379 e. The third-order valence-electron chi connectivity index (χ3n) is 4.70. The highest BCUT2D eigenvalue weighted by atomic mass is 32.1. The van der Waals surface area contributed by atoms with Gasteiger partial charge >= 0.3 is 11.8 Å². The van der Waals surface area contributed by atoms with E-state index in [1.54, 1.807) is 11.3 Å². The van der Waals surface area contributed by atoms with Gasteiger partial charge in [0.25, 0.3) is 0 Å². The topological polar surface area (TPSA) is 70.7 Å². The Labute approximate surface area is 163 Å². The number of hydrogen-bond donors (Lipinski definition) is 2. The van der Waals surface area contributed by atoms with Gasteiger partial charge in [-0.3, -0.25) is 14.5 Å². The Morgan fingerprint density at radius 2 is 1.89 bits per heavy atom. The molecule has 1 saturated heterocycles. The molecule has 1 aliphatic rings. The van der Waals surface area contributed by atoms with E-state index in [4.69, 9.17) is 4.74 Å². The minimum atomic E-state index is -0.648. The lowest BCUT2D eigenvalue weighted by Gasteiger charge is -2.34. The summed E-state index contributed by atoms with van der Waals surface area (Å²) in [5.41, 5.74) is 2.95. The van der Waals surface area contributed by atoms with E-state index in [-0.39, 0.29) is 6.04 Å². The van der Waals surface area contributed by atoms with E-state index in [1.807, 2.05) is 29.6 Å². The summed E-state index contributed by atoms with van der Waals surface area (Å²) in [4.78, 5) is 26.7. The number of aryl methyl sites for hydroxylation is 1. The molecule has 3 rings (SSSR count). The second-order valence-corrected chi connectivity index (χ2v) is 7.22. The van der Waals surface area contributed by atoms with Crippen LogP contribution >= 0.6 is 11.3 Å². The molecule has 0 spiro atoms. The average Bonchev–Trinajstić information content (AvgIpc) is 3.24. The first-order chi connectivity index (χ1) is 13.2. The van der Waals surface area contributed by atoms with Crippen LogP contribution in [0.1, 0.15) is 24.1 Å². The average molecular weight is 388 g/mol. The molecule has 0 bridgehead atoms. The number of benzene rings is 1. The molecule has 0 aliphatic carbocycles. The first kappa shape index (κ1) is 19.5. The molecule has 1 fully saturated rings. The number of thiophene rings is 1. The number of ether oxygens (including phenoxy) is 1. The molecule has 2 heterocycles. The molecule has 2 amide bonds. The fourth-order valence-corrected chi connectivity index (χ4v) is 3.80. The van der Waals surface area contributed by atoms with Gasteiger partial charge in [-0.1, -0.05) is 19.1 Å². The van der Waals surface area contributed by atoms with Crippen molar-refractivity contribution in [1.29, 1.82) is 0 Å². The number of carbonyl (C=O) groups excluding carboxylic acids is 2. The molecule has 2 N–H and O–H groups in total. The Balaban J connectivity index is 1.57. The van der Waals surface area contributed by atoms with Crippen LogP contribution in [0.2, 0.25) is 0 Å². The molecule has 1 aromatic heterocycles. The number of amides is 2. The number of nitrogens with zero attached hydrogens (tertiary/aromatic N) is 1. The summed E-state index contributed by atoms with van der Waals surface area (Å²) in [6.07, 6.45) is 0.931. The quantitative estimate of drug-likeness (QED) is 0.747. The summed E-state index contributed by atoms with van der Waals surface area (Å²) in [5.74, 6) is -1.27. The fourth-order valence-electron chi connectivity index (χ4n) is 3.09. The molecule has 1 atom stereocenters. The van der Waals surface area contributed by atoms with Crippen LogP contribution < -0.4 is 10.6 Å². The minimum Gasteiger partial charge on any atom is -0.379 e. The van der Waals surface area contributed by atoms with E-state index in [0.29, 0.717) is 25.4 Å². The second kappa shape index (κ2) is 9.64. The zero-order chi connectivity index (χ0) is 19.1. The summed E-state index contributed by atoms with van der Waals surface area (Å²) in [6, 6.07) is 9.61. The van der Waals surface area contributed by atoms with Crippen molar-refractivity contribution in [3.63, 3.8) is 0 Å². The second-order valence-electron chi connectivity index (χ2n) is 6.44. The molecule has 1 aliphatic heterocycles. The smallest absolute Gasteiger partial charge is 0.313 e. The number of morpholine rings is 1.